The molecule has 1 atom stereocenters. The number of ether oxygens (including phenoxy) is 1. The molecule has 1 saturated carbocycles. The van der Waals surface area contributed by atoms with E-state index in [0.717, 1.165) is 43.4 Å². The summed E-state index contributed by atoms with van der Waals surface area (Å²) in [4.78, 5) is 28.0. The Morgan fingerprint density at radius 2 is 1.81 bits per heavy atom. The molecule has 2 aliphatic rings. The summed E-state index contributed by atoms with van der Waals surface area (Å²) >= 11 is 6.10. The molecular weight excluding hydrogens is 414 g/mol. The number of rotatable bonds is 5. The lowest BCUT2D eigenvalue weighted by molar-refractivity contribution is -0.141. The van der Waals surface area contributed by atoms with E-state index in [1.165, 1.54) is 0 Å². The van der Waals surface area contributed by atoms with E-state index in [4.69, 9.17) is 16.3 Å². The molecule has 4 rings (SSSR count). The third-order valence-electron chi connectivity index (χ3n) is 6.05. The monoisotopic (exact) mass is 439 g/mol. The Bertz CT molecular complexity index is 1010. The molecule has 1 heterocycles. The normalized spacial score (nSPS) is 21.5. The molecule has 31 heavy (non-hydrogen) atoms. The lowest BCUT2D eigenvalue weighted by Gasteiger charge is -2.35. The number of halogens is 1. The van der Waals surface area contributed by atoms with Gasteiger partial charge in [0, 0.05) is 16.6 Å². The minimum Gasteiger partial charge on any atom is -0.507 e. The number of benzene rings is 2. The molecule has 2 aromatic carbocycles. The lowest BCUT2D eigenvalue weighted by Crippen LogP contribution is -2.40. The first-order valence-electron chi connectivity index (χ1n) is 10.8. The van der Waals surface area contributed by atoms with Gasteiger partial charge in [0.2, 0.25) is 0 Å². The van der Waals surface area contributed by atoms with Crippen LogP contribution in [0.5, 0.6) is 5.75 Å². The van der Waals surface area contributed by atoms with Crippen molar-refractivity contribution >= 4 is 29.1 Å². The maximum Gasteiger partial charge on any atom is 0.295 e. The smallest absolute Gasteiger partial charge is 0.295 e. The zero-order valence-corrected chi connectivity index (χ0v) is 18.3. The molecule has 162 valence electrons. The van der Waals surface area contributed by atoms with Crippen LogP contribution in [0.4, 0.5) is 0 Å². The average Bonchev–Trinajstić information content (AvgIpc) is 3.05. The van der Waals surface area contributed by atoms with Crippen LogP contribution in [0.25, 0.3) is 5.76 Å². The van der Waals surface area contributed by atoms with E-state index in [1.54, 1.807) is 29.2 Å². The molecule has 1 amide bonds. The van der Waals surface area contributed by atoms with Crippen molar-refractivity contribution in [3.8, 4) is 5.75 Å². The predicted molar refractivity (Wildman–Crippen MR) is 120 cm³/mol. The number of aliphatic hydroxyl groups is 1. The van der Waals surface area contributed by atoms with Gasteiger partial charge in [0.05, 0.1) is 18.2 Å². The van der Waals surface area contributed by atoms with Crippen LogP contribution in [0.3, 0.4) is 0 Å². The second kappa shape index (κ2) is 9.15. The summed E-state index contributed by atoms with van der Waals surface area (Å²) in [6, 6.07) is 13.4. The van der Waals surface area contributed by atoms with Gasteiger partial charge in [-0.15, -0.1) is 0 Å². The van der Waals surface area contributed by atoms with Crippen LogP contribution in [0.2, 0.25) is 5.02 Å². The molecule has 2 fully saturated rings. The minimum atomic E-state index is -0.651. The van der Waals surface area contributed by atoms with Crippen molar-refractivity contribution in [1.29, 1.82) is 0 Å². The van der Waals surface area contributed by atoms with Gasteiger partial charge in [-0.1, -0.05) is 55.1 Å². The standard InChI is InChI=1S/C25H26ClNO4/c1-2-31-20-13-11-16(12-14-20)22-21(23(28)17-7-6-8-18(26)15-17)24(29)25(30)27(22)19-9-4-3-5-10-19/h6-8,11-15,19,22,28H,2-5,9-10H2,1H3/b23-21-. The van der Waals surface area contributed by atoms with Crippen molar-refractivity contribution in [3.63, 3.8) is 0 Å². The number of Topliss-reactive ketones (excluding diaryl/α,β-unsaturated/α-hetero) is 1. The third kappa shape index (κ3) is 4.19. The Balaban J connectivity index is 1.84. The number of carbonyl (C=O) groups is 2. The Kier molecular flexibility index (Phi) is 6.33. The molecule has 0 aromatic heterocycles. The van der Waals surface area contributed by atoms with Crippen LogP contribution in [0.15, 0.2) is 54.1 Å². The quantitative estimate of drug-likeness (QED) is 0.380. The van der Waals surface area contributed by atoms with Gasteiger partial charge in [0.1, 0.15) is 11.5 Å². The number of ketones is 1. The number of hydrogen-bond donors (Lipinski definition) is 1. The summed E-state index contributed by atoms with van der Waals surface area (Å²) in [6.07, 6.45) is 4.90. The van der Waals surface area contributed by atoms with Gasteiger partial charge in [0.15, 0.2) is 0 Å². The molecule has 1 saturated heterocycles. The molecular formula is C25H26ClNO4. The van der Waals surface area contributed by atoms with Gasteiger partial charge in [-0.2, -0.15) is 0 Å². The molecule has 1 unspecified atom stereocenters. The number of nitrogens with zero attached hydrogens (tertiary/aromatic N) is 1. The number of aliphatic hydroxyl groups excluding tert-OH is 1. The summed E-state index contributed by atoms with van der Waals surface area (Å²) in [5.74, 6) is -0.676. The number of hydrogen-bond acceptors (Lipinski definition) is 4. The molecule has 1 aliphatic carbocycles. The van der Waals surface area contributed by atoms with Gasteiger partial charge < -0.3 is 14.7 Å². The summed E-state index contributed by atoms with van der Waals surface area (Å²) in [5, 5.41) is 11.6. The molecule has 0 bridgehead atoms. The zero-order chi connectivity index (χ0) is 22.0. The minimum absolute atomic E-state index is 0.0218. The Morgan fingerprint density at radius 1 is 1.10 bits per heavy atom. The van der Waals surface area contributed by atoms with Crippen molar-refractivity contribution in [2.24, 2.45) is 0 Å². The fourth-order valence-corrected chi connectivity index (χ4v) is 4.81. The van der Waals surface area contributed by atoms with Gasteiger partial charge in [0.25, 0.3) is 11.7 Å². The first-order valence-corrected chi connectivity index (χ1v) is 11.2. The largest absolute Gasteiger partial charge is 0.507 e. The van der Waals surface area contributed by atoms with Crippen LogP contribution < -0.4 is 4.74 Å². The fraction of sp³-hybridized carbons (Fsp3) is 0.360. The zero-order valence-electron chi connectivity index (χ0n) is 17.5. The Morgan fingerprint density at radius 3 is 2.45 bits per heavy atom. The maximum absolute atomic E-state index is 13.2. The molecule has 0 spiro atoms. The van der Waals surface area contributed by atoms with Crippen LogP contribution in [-0.2, 0) is 9.59 Å². The number of likely N-dealkylation sites (tertiary alicyclic amines) is 1. The van der Waals surface area contributed by atoms with Crippen LogP contribution in [0, 0.1) is 0 Å². The summed E-state index contributed by atoms with van der Waals surface area (Å²) < 4.78 is 5.54. The lowest BCUT2D eigenvalue weighted by atomic mass is 9.91. The van der Waals surface area contributed by atoms with E-state index >= 15 is 0 Å². The Hall–Kier alpha value is -2.79. The maximum atomic E-state index is 13.2. The average molecular weight is 440 g/mol. The highest BCUT2D eigenvalue weighted by molar-refractivity contribution is 6.46. The highest BCUT2D eigenvalue weighted by atomic mass is 35.5. The SMILES string of the molecule is CCOc1ccc(C2/C(=C(/O)c3cccc(Cl)c3)C(=O)C(=O)N2C2CCCCC2)cc1. The molecule has 2 aromatic rings. The first-order chi connectivity index (χ1) is 15.0. The second-order valence-corrected chi connectivity index (χ2v) is 8.45. The van der Waals surface area contributed by atoms with E-state index in [9.17, 15) is 14.7 Å². The van der Waals surface area contributed by atoms with Gasteiger partial charge in [-0.05, 0) is 49.6 Å². The van der Waals surface area contributed by atoms with Crippen molar-refractivity contribution in [2.75, 3.05) is 6.61 Å². The predicted octanol–water partition coefficient (Wildman–Crippen LogP) is 5.49. The van der Waals surface area contributed by atoms with E-state index in [-0.39, 0.29) is 17.4 Å². The van der Waals surface area contributed by atoms with Crippen LogP contribution >= 0.6 is 11.6 Å². The van der Waals surface area contributed by atoms with Gasteiger partial charge in [-0.3, -0.25) is 9.59 Å². The molecule has 0 radical (unpaired) electrons. The molecule has 5 nitrogen and oxygen atoms in total. The van der Waals surface area contributed by atoms with E-state index < -0.39 is 17.7 Å². The third-order valence-corrected chi connectivity index (χ3v) is 6.29. The van der Waals surface area contributed by atoms with Gasteiger partial charge in [-0.25, -0.2) is 0 Å². The molecule has 6 heteroatoms. The summed E-state index contributed by atoms with van der Waals surface area (Å²) in [6.45, 7) is 2.46. The van der Waals surface area contributed by atoms with Crippen molar-refractivity contribution in [3.05, 3.63) is 70.3 Å². The fourth-order valence-electron chi connectivity index (χ4n) is 4.62. The topological polar surface area (TPSA) is 66.8 Å². The van der Waals surface area contributed by atoms with Crippen molar-refractivity contribution < 1.29 is 19.4 Å². The highest BCUT2D eigenvalue weighted by Crippen LogP contribution is 2.43. The van der Waals surface area contributed by atoms with E-state index in [0.29, 0.717) is 17.2 Å². The first kappa shape index (κ1) is 21.4. The molecule has 1 N–H and O–H groups in total. The second-order valence-electron chi connectivity index (χ2n) is 8.01. The van der Waals surface area contributed by atoms with Crippen molar-refractivity contribution in [2.45, 2.75) is 51.1 Å². The van der Waals surface area contributed by atoms with Crippen LogP contribution in [0.1, 0.15) is 56.2 Å². The molecule has 1 aliphatic heterocycles. The Labute approximate surface area is 187 Å². The number of carbonyl (C=O) groups excluding carboxylic acids is 2. The van der Waals surface area contributed by atoms with Crippen molar-refractivity contribution in [1.82, 2.24) is 4.90 Å². The highest BCUT2D eigenvalue weighted by Gasteiger charge is 2.48. The number of amides is 1. The van der Waals surface area contributed by atoms with E-state index in [1.807, 2.05) is 31.2 Å². The van der Waals surface area contributed by atoms with E-state index in [2.05, 4.69) is 0 Å². The summed E-state index contributed by atoms with van der Waals surface area (Å²) in [5.41, 5.74) is 1.31. The summed E-state index contributed by atoms with van der Waals surface area (Å²) in [7, 11) is 0. The van der Waals surface area contributed by atoms with Gasteiger partial charge >= 0.3 is 0 Å². The van der Waals surface area contributed by atoms with Crippen LogP contribution in [-0.4, -0.2) is 34.3 Å².